The zero-order valence-corrected chi connectivity index (χ0v) is 8.07. The molecule has 0 aliphatic rings. The highest BCUT2D eigenvalue weighted by atomic mass is 16.5. The summed E-state index contributed by atoms with van der Waals surface area (Å²) in [5, 5.41) is 1.88. The van der Waals surface area contributed by atoms with Crippen molar-refractivity contribution in [2.75, 3.05) is 14.2 Å². The van der Waals surface area contributed by atoms with Crippen LogP contribution in [0.1, 0.15) is 0 Å². The third-order valence-electron chi connectivity index (χ3n) is 2.04. The number of rotatable bonds is 2. The van der Waals surface area contributed by atoms with Crippen LogP contribution in [-0.4, -0.2) is 19.2 Å². The first-order valence-electron chi connectivity index (χ1n) is 4.25. The van der Waals surface area contributed by atoms with Crippen LogP contribution in [0.3, 0.4) is 0 Å². The molecule has 2 rings (SSSR count). The Morgan fingerprint density at radius 1 is 1.14 bits per heavy atom. The van der Waals surface area contributed by atoms with Gasteiger partial charge in [-0.3, -0.25) is 0 Å². The smallest absolute Gasteiger partial charge is 0.258 e. The van der Waals surface area contributed by atoms with Gasteiger partial charge in [0.25, 0.3) is 5.88 Å². The number of hydrogen-bond acceptors (Lipinski definition) is 3. The Morgan fingerprint density at radius 3 is 2.64 bits per heavy atom. The zero-order chi connectivity index (χ0) is 9.97. The summed E-state index contributed by atoms with van der Waals surface area (Å²) in [7, 11) is 3.17. The fourth-order valence-corrected chi connectivity index (χ4v) is 1.39. The SMILES string of the molecule is COc1n[c]c2ccccc2c1OC. The van der Waals surface area contributed by atoms with Crippen LogP contribution in [0.25, 0.3) is 10.8 Å². The number of pyridine rings is 1. The highest BCUT2D eigenvalue weighted by Crippen LogP contribution is 2.32. The molecule has 3 heteroatoms. The molecule has 2 aromatic rings. The van der Waals surface area contributed by atoms with Gasteiger partial charge < -0.3 is 9.47 Å². The second-order valence-electron chi connectivity index (χ2n) is 2.81. The van der Waals surface area contributed by atoms with Crippen LogP contribution >= 0.6 is 0 Å². The minimum absolute atomic E-state index is 0.464. The molecule has 1 heterocycles. The Kier molecular flexibility index (Phi) is 2.23. The summed E-state index contributed by atoms with van der Waals surface area (Å²) >= 11 is 0. The highest BCUT2D eigenvalue weighted by molar-refractivity contribution is 5.88. The Labute approximate surface area is 82.3 Å². The van der Waals surface area contributed by atoms with Crippen molar-refractivity contribution in [1.29, 1.82) is 0 Å². The van der Waals surface area contributed by atoms with Gasteiger partial charge >= 0.3 is 0 Å². The summed E-state index contributed by atoms with van der Waals surface area (Å²) < 4.78 is 10.3. The van der Waals surface area contributed by atoms with Crippen LogP contribution in [-0.2, 0) is 0 Å². The molecule has 0 fully saturated rings. The molecule has 0 saturated carbocycles. The normalized spacial score (nSPS) is 10.1. The number of aromatic nitrogens is 1. The van der Waals surface area contributed by atoms with Crippen LogP contribution in [0.5, 0.6) is 11.6 Å². The predicted molar refractivity (Wildman–Crippen MR) is 53.7 cm³/mol. The fraction of sp³-hybridized carbons (Fsp3) is 0.182. The van der Waals surface area contributed by atoms with Crippen molar-refractivity contribution in [3.63, 3.8) is 0 Å². The highest BCUT2D eigenvalue weighted by Gasteiger charge is 2.09. The molecule has 0 aliphatic heterocycles. The topological polar surface area (TPSA) is 31.4 Å². The first-order valence-corrected chi connectivity index (χ1v) is 4.25. The van der Waals surface area contributed by atoms with E-state index in [2.05, 4.69) is 11.2 Å². The average molecular weight is 188 g/mol. The summed E-state index contributed by atoms with van der Waals surface area (Å²) in [4.78, 5) is 4.02. The summed E-state index contributed by atoms with van der Waals surface area (Å²) in [5.74, 6) is 1.12. The second-order valence-corrected chi connectivity index (χ2v) is 2.81. The van der Waals surface area contributed by atoms with Crippen LogP contribution in [0, 0.1) is 6.20 Å². The quantitative estimate of drug-likeness (QED) is 0.722. The van der Waals surface area contributed by atoms with Crippen molar-refractivity contribution in [1.82, 2.24) is 4.98 Å². The van der Waals surface area contributed by atoms with Crippen LogP contribution < -0.4 is 9.47 Å². The van der Waals surface area contributed by atoms with Gasteiger partial charge in [0.15, 0.2) is 5.75 Å². The van der Waals surface area contributed by atoms with E-state index < -0.39 is 0 Å². The van der Waals surface area contributed by atoms with Gasteiger partial charge in [-0.15, -0.1) is 0 Å². The fourth-order valence-electron chi connectivity index (χ4n) is 1.39. The van der Waals surface area contributed by atoms with Gasteiger partial charge in [-0.2, -0.15) is 0 Å². The van der Waals surface area contributed by atoms with Gasteiger partial charge in [-0.1, -0.05) is 24.3 Å². The van der Waals surface area contributed by atoms with Crippen molar-refractivity contribution < 1.29 is 9.47 Å². The monoisotopic (exact) mass is 188 g/mol. The van der Waals surface area contributed by atoms with E-state index in [-0.39, 0.29) is 0 Å². The molecule has 0 saturated heterocycles. The first-order chi connectivity index (χ1) is 6.86. The van der Waals surface area contributed by atoms with E-state index >= 15 is 0 Å². The Bertz CT molecular complexity index is 454. The maximum atomic E-state index is 5.24. The van der Waals surface area contributed by atoms with Crippen LogP contribution in [0.2, 0.25) is 0 Å². The molecule has 0 spiro atoms. The van der Waals surface area contributed by atoms with Gasteiger partial charge in [0.05, 0.1) is 14.2 Å². The summed E-state index contributed by atoms with van der Waals surface area (Å²) in [5.41, 5.74) is 0. The van der Waals surface area contributed by atoms with Crippen molar-refractivity contribution in [2.45, 2.75) is 0 Å². The molecule has 1 aromatic carbocycles. The van der Waals surface area contributed by atoms with Gasteiger partial charge in [0.1, 0.15) is 6.20 Å². The van der Waals surface area contributed by atoms with Gasteiger partial charge in [-0.05, 0) is 0 Å². The predicted octanol–water partition coefficient (Wildman–Crippen LogP) is 2.05. The number of methoxy groups -OCH3 is 2. The van der Waals surface area contributed by atoms with E-state index in [1.807, 2.05) is 24.3 Å². The second kappa shape index (κ2) is 3.54. The molecule has 0 unspecified atom stereocenters. The Morgan fingerprint density at radius 2 is 1.93 bits per heavy atom. The zero-order valence-electron chi connectivity index (χ0n) is 8.07. The molecule has 71 valence electrons. The van der Waals surface area contributed by atoms with Crippen molar-refractivity contribution in [3.05, 3.63) is 30.5 Å². The number of ether oxygens (including phenoxy) is 2. The third kappa shape index (κ3) is 1.27. The average Bonchev–Trinajstić information content (AvgIpc) is 2.27. The molecule has 1 aromatic heterocycles. The van der Waals surface area contributed by atoms with E-state index in [0.29, 0.717) is 11.6 Å². The summed E-state index contributed by atoms with van der Waals surface area (Å²) in [6.45, 7) is 0. The lowest BCUT2D eigenvalue weighted by Gasteiger charge is -2.08. The summed E-state index contributed by atoms with van der Waals surface area (Å²) in [6, 6.07) is 7.77. The van der Waals surface area contributed by atoms with Gasteiger partial charge in [-0.25, -0.2) is 4.98 Å². The molecule has 0 N–H and O–H groups in total. The van der Waals surface area contributed by atoms with E-state index in [1.165, 1.54) is 0 Å². The minimum Gasteiger partial charge on any atom is -0.491 e. The van der Waals surface area contributed by atoms with Gasteiger partial charge in [0.2, 0.25) is 0 Å². The molecular formula is C11H10NO2. The maximum absolute atomic E-state index is 5.24. The minimum atomic E-state index is 0.464. The lowest BCUT2D eigenvalue weighted by molar-refractivity contribution is 0.346. The standard InChI is InChI=1S/C11H10NO2/c1-13-10-9-6-4-3-5-8(9)7-12-11(10)14-2/h3-6H,1-2H3. The third-order valence-corrected chi connectivity index (χ3v) is 2.04. The Hall–Kier alpha value is -1.77. The molecule has 3 nitrogen and oxygen atoms in total. The van der Waals surface area contributed by atoms with Crippen molar-refractivity contribution >= 4 is 10.8 Å². The molecule has 0 aliphatic carbocycles. The van der Waals surface area contributed by atoms with Gasteiger partial charge in [0, 0.05) is 10.8 Å². The molecule has 0 bridgehead atoms. The number of fused-ring (bicyclic) bond motifs is 1. The summed E-state index contributed by atoms with van der Waals surface area (Å²) in [6.07, 6.45) is 2.89. The van der Waals surface area contributed by atoms with E-state index in [9.17, 15) is 0 Å². The lowest BCUT2D eigenvalue weighted by Crippen LogP contribution is -1.94. The molecule has 14 heavy (non-hydrogen) atoms. The first kappa shape index (κ1) is 8.81. The maximum Gasteiger partial charge on any atom is 0.258 e. The van der Waals surface area contributed by atoms with Crippen molar-refractivity contribution in [3.8, 4) is 11.6 Å². The lowest BCUT2D eigenvalue weighted by atomic mass is 10.1. The number of hydrogen-bond donors (Lipinski definition) is 0. The largest absolute Gasteiger partial charge is 0.491 e. The Balaban J connectivity index is 2.77. The molecule has 0 amide bonds. The van der Waals surface area contributed by atoms with Crippen LogP contribution in [0.4, 0.5) is 0 Å². The number of nitrogens with zero attached hydrogens (tertiary/aromatic N) is 1. The number of benzene rings is 1. The van der Waals surface area contributed by atoms with E-state index in [4.69, 9.17) is 9.47 Å². The molecule has 0 atom stereocenters. The van der Waals surface area contributed by atoms with E-state index in [0.717, 1.165) is 10.8 Å². The van der Waals surface area contributed by atoms with Crippen LogP contribution in [0.15, 0.2) is 24.3 Å². The van der Waals surface area contributed by atoms with Crippen molar-refractivity contribution in [2.24, 2.45) is 0 Å². The molecule has 1 radical (unpaired) electrons. The molecular weight excluding hydrogens is 178 g/mol. The van der Waals surface area contributed by atoms with E-state index in [1.54, 1.807) is 14.2 Å².